The molecular weight excluding hydrogens is 198 g/mol. The zero-order valence-corrected chi connectivity index (χ0v) is 10.9. The number of hydrogen-bond acceptors (Lipinski definition) is 2. The second-order valence-corrected chi connectivity index (χ2v) is 5.28. The maximum absolute atomic E-state index is 8.67. The summed E-state index contributed by atoms with van der Waals surface area (Å²) in [6, 6.07) is 0.707. The van der Waals surface area contributed by atoms with Gasteiger partial charge in [-0.3, -0.25) is 0 Å². The molecule has 0 aromatic rings. The van der Waals surface area contributed by atoms with E-state index < -0.39 is 0 Å². The first-order valence-corrected chi connectivity index (χ1v) is 7.19. The molecule has 0 aromatic heterocycles. The number of hydrogen-bond donors (Lipinski definition) is 2. The Bertz CT molecular complexity index is 155. The van der Waals surface area contributed by atoms with Crippen LogP contribution in [-0.2, 0) is 0 Å². The average molecular weight is 227 g/mol. The van der Waals surface area contributed by atoms with E-state index in [1.165, 1.54) is 51.4 Å². The highest BCUT2D eigenvalue weighted by Crippen LogP contribution is 2.26. The summed E-state index contributed by atoms with van der Waals surface area (Å²) in [5, 5.41) is 12.3. The molecule has 2 N–H and O–H groups in total. The third-order valence-electron chi connectivity index (χ3n) is 3.91. The Labute approximate surface area is 101 Å². The minimum Gasteiger partial charge on any atom is -0.396 e. The maximum Gasteiger partial charge on any atom is 0.0431 e. The van der Waals surface area contributed by atoms with Crippen LogP contribution in [0.4, 0.5) is 0 Å². The van der Waals surface area contributed by atoms with E-state index in [1.54, 1.807) is 0 Å². The van der Waals surface area contributed by atoms with Crippen LogP contribution in [0.5, 0.6) is 0 Å². The van der Waals surface area contributed by atoms with Gasteiger partial charge < -0.3 is 10.4 Å². The second-order valence-electron chi connectivity index (χ2n) is 5.28. The van der Waals surface area contributed by atoms with Crippen LogP contribution in [-0.4, -0.2) is 24.3 Å². The van der Waals surface area contributed by atoms with Gasteiger partial charge in [0.25, 0.3) is 0 Å². The van der Waals surface area contributed by atoms with Crippen molar-refractivity contribution in [2.45, 2.75) is 70.8 Å². The van der Waals surface area contributed by atoms with Crippen LogP contribution in [0.25, 0.3) is 0 Å². The molecule has 0 unspecified atom stereocenters. The van der Waals surface area contributed by atoms with Crippen molar-refractivity contribution in [3.8, 4) is 0 Å². The third-order valence-corrected chi connectivity index (χ3v) is 3.91. The summed E-state index contributed by atoms with van der Waals surface area (Å²) in [4.78, 5) is 0. The lowest BCUT2D eigenvalue weighted by Crippen LogP contribution is -2.35. The zero-order chi connectivity index (χ0) is 11.6. The van der Waals surface area contributed by atoms with Crippen LogP contribution < -0.4 is 5.32 Å². The van der Waals surface area contributed by atoms with Gasteiger partial charge in [0.15, 0.2) is 0 Å². The highest BCUT2D eigenvalue weighted by atomic mass is 16.2. The summed E-state index contributed by atoms with van der Waals surface area (Å²) in [5.74, 6) is 0.922. The lowest BCUT2D eigenvalue weighted by Gasteiger charge is -2.28. The van der Waals surface area contributed by atoms with Crippen molar-refractivity contribution >= 4 is 0 Å². The molecule has 0 amide bonds. The molecule has 0 bridgehead atoms. The van der Waals surface area contributed by atoms with E-state index in [2.05, 4.69) is 12.2 Å². The monoisotopic (exact) mass is 227 g/mol. The SMILES string of the molecule is C[C@@H](NCCCCCCO)C1CCCCC1. The predicted molar refractivity (Wildman–Crippen MR) is 69.6 cm³/mol. The van der Waals surface area contributed by atoms with E-state index in [1.807, 2.05) is 0 Å². The fourth-order valence-corrected chi connectivity index (χ4v) is 2.72. The normalized spacial score (nSPS) is 19.9. The van der Waals surface area contributed by atoms with Gasteiger partial charge in [0.2, 0.25) is 0 Å². The first kappa shape index (κ1) is 14.0. The van der Waals surface area contributed by atoms with E-state index in [-0.39, 0.29) is 0 Å². The molecule has 0 radical (unpaired) electrons. The predicted octanol–water partition coefficient (Wildman–Crippen LogP) is 3.10. The van der Waals surface area contributed by atoms with Gasteiger partial charge in [-0.2, -0.15) is 0 Å². The largest absolute Gasteiger partial charge is 0.396 e. The molecular formula is C14H29NO. The van der Waals surface area contributed by atoms with Gasteiger partial charge >= 0.3 is 0 Å². The van der Waals surface area contributed by atoms with Crippen LogP contribution in [0.15, 0.2) is 0 Å². The van der Waals surface area contributed by atoms with Crippen LogP contribution >= 0.6 is 0 Å². The molecule has 2 nitrogen and oxygen atoms in total. The van der Waals surface area contributed by atoms with Crippen molar-refractivity contribution in [2.24, 2.45) is 5.92 Å². The average Bonchev–Trinajstić information content (AvgIpc) is 2.34. The van der Waals surface area contributed by atoms with Crippen molar-refractivity contribution < 1.29 is 5.11 Å². The molecule has 1 rings (SSSR count). The van der Waals surface area contributed by atoms with Crippen LogP contribution in [0, 0.1) is 5.92 Å². The molecule has 1 fully saturated rings. The van der Waals surface area contributed by atoms with Crippen molar-refractivity contribution in [1.29, 1.82) is 0 Å². The Morgan fingerprint density at radius 1 is 1.06 bits per heavy atom. The van der Waals surface area contributed by atoms with Gasteiger partial charge in [-0.15, -0.1) is 0 Å². The highest BCUT2D eigenvalue weighted by Gasteiger charge is 2.18. The maximum atomic E-state index is 8.67. The lowest BCUT2D eigenvalue weighted by atomic mass is 9.84. The Morgan fingerprint density at radius 2 is 1.75 bits per heavy atom. The van der Waals surface area contributed by atoms with Gasteiger partial charge in [0.1, 0.15) is 0 Å². The highest BCUT2D eigenvalue weighted by molar-refractivity contribution is 4.75. The molecule has 0 aliphatic heterocycles. The van der Waals surface area contributed by atoms with Crippen molar-refractivity contribution in [1.82, 2.24) is 5.32 Å². The smallest absolute Gasteiger partial charge is 0.0431 e. The summed E-state index contributed by atoms with van der Waals surface area (Å²) in [6.45, 7) is 3.86. The van der Waals surface area contributed by atoms with E-state index >= 15 is 0 Å². The van der Waals surface area contributed by atoms with E-state index in [0.29, 0.717) is 12.6 Å². The second kappa shape index (κ2) is 9.00. The van der Waals surface area contributed by atoms with Gasteiger partial charge in [-0.05, 0) is 45.1 Å². The number of unbranched alkanes of at least 4 members (excludes halogenated alkanes) is 3. The lowest BCUT2D eigenvalue weighted by molar-refractivity contribution is 0.275. The number of aliphatic hydroxyl groups excluding tert-OH is 1. The van der Waals surface area contributed by atoms with Crippen LogP contribution in [0.2, 0.25) is 0 Å². The topological polar surface area (TPSA) is 32.3 Å². The molecule has 0 saturated heterocycles. The molecule has 2 heteroatoms. The molecule has 1 atom stereocenters. The molecule has 96 valence electrons. The molecule has 0 spiro atoms. The molecule has 1 aliphatic carbocycles. The molecule has 16 heavy (non-hydrogen) atoms. The standard InChI is InChI=1S/C14H29NO/c1-13(14-9-5-4-6-10-14)15-11-7-2-3-8-12-16/h13-16H,2-12H2,1H3/t13-/m1/s1. The first-order chi connectivity index (χ1) is 7.84. The molecule has 0 aromatic carbocycles. The van der Waals surface area contributed by atoms with Crippen molar-refractivity contribution in [3.63, 3.8) is 0 Å². The molecule has 0 heterocycles. The fraction of sp³-hybridized carbons (Fsp3) is 1.00. The van der Waals surface area contributed by atoms with Gasteiger partial charge in [-0.1, -0.05) is 32.1 Å². The third kappa shape index (κ3) is 5.86. The number of aliphatic hydroxyl groups is 1. The first-order valence-electron chi connectivity index (χ1n) is 7.19. The summed E-state index contributed by atoms with van der Waals surface area (Å²) < 4.78 is 0. The van der Waals surface area contributed by atoms with E-state index in [4.69, 9.17) is 5.11 Å². The van der Waals surface area contributed by atoms with E-state index in [0.717, 1.165) is 18.9 Å². The zero-order valence-electron chi connectivity index (χ0n) is 10.9. The van der Waals surface area contributed by atoms with Gasteiger partial charge in [0, 0.05) is 12.6 Å². The molecule has 1 aliphatic rings. The molecule has 1 saturated carbocycles. The summed E-state index contributed by atoms with van der Waals surface area (Å²) in [6.07, 6.45) is 11.8. The van der Waals surface area contributed by atoms with Crippen LogP contribution in [0.3, 0.4) is 0 Å². The Balaban J connectivity index is 1.94. The summed E-state index contributed by atoms with van der Waals surface area (Å²) >= 11 is 0. The summed E-state index contributed by atoms with van der Waals surface area (Å²) in [7, 11) is 0. The number of rotatable bonds is 8. The Kier molecular flexibility index (Phi) is 7.87. The van der Waals surface area contributed by atoms with Crippen LogP contribution in [0.1, 0.15) is 64.7 Å². The van der Waals surface area contributed by atoms with Crippen molar-refractivity contribution in [2.75, 3.05) is 13.2 Å². The van der Waals surface area contributed by atoms with Gasteiger partial charge in [-0.25, -0.2) is 0 Å². The fourth-order valence-electron chi connectivity index (χ4n) is 2.72. The summed E-state index contributed by atoms with van der Waals surface area (Å²) in [5.41, 5.74) is 0. The Hall–Kier alpha value is -0.0800. The quantitative estimate of drug-likeness (QED) is 0.625. The van der Waals surface area contributed by atoms with Crippen molar-refractivity contribution in [3.05, 3.63) is 0 Å². The van der Waals surface area contributed by atoms with E-state index in [9.17, 15) is 0 Å². The Morgan fingerprint density at radius 3 is 2.44 bits per heavy atom. The number of nitrogens with one attached hydrogen (secondary N) is 1. The minimum absolute atomic E-state index is 0.353. The minimum atomic E-state index is 0.353. The van der Waals surface area contributed by atoms with Gasteiger partial charge in [0.05, 0.1) is 0 Å².